The molecule has 136 valence electrons. The van der Waals surface area contributed by atoms with Crippen molar-refractivity contribution in [3.05, 3.63) is 48.0 Å². The molecule has 0 saturated heterocycles. The third kappa shape index (κ3) is 2.57. The number of carbonyl (C=O) groups is 1. The molecule has 0 aliphatic carbocycles. The minimum atomic E-state index is -3.95. The highest BCUT2D eigenvalue weighted by Gasteiger charge is 2.42. The van der Waals surface area contributed by atoms with Crippen LogP contribution in [0.4, 0.5) is 5.69 Å². The van der Waals surface area contributed by atoms with E-state index in [0.717, 1.165) is 5.56 Å². The summed E-state index contributed by atoms with van der Waals surface area (Å²) >= 11 is 0. The average molecular weight is 374 g/mol. The van der Waals surface area contributed by atoms with Gasteiger partial charge in [-0.2, -0.15) is 0 Å². The maximum atomic E-state index is 13.4. The van der Waals surface area contributed by atoms with Crippen molar-refractivity contribution >= 4 is 21.6 Å². The minimum Gasteiger partial charge on any atom is -0.486 e. The SMILES string of the molecule is CNC(=O)[C@@H]1Cc2ccccc2N1S(=O)(=O)c1ccc2c(c1)OCCO2. The molecule has 26 heavy (non-hydrogen) atoms. The van der Waals surface area contributed by atoms with Gasteiger partial charge < -0.3 is 14.8 Å². The van der Waals surface area contributed by atoms with Gasteiger partial charge in [0.1, 0.15) is 19.3 Å². The van der Waals surface area contributed by atoms with Crippen LogP contribution < -0.4 is 19.1 Å². The van der Waals surface area contributed by atoms with E-state index in [0.29, 0.717) is 36.8 Å². The molecule has 2 aliphatic rings. The molecule has 1 amide bonds. The van der Waals surface area contributed by atoms with E-state index in [9.17, 15) is 13.2 Å². The summed E-state index contributed by atoms with van der Waals surface area (Å²) in [6.45, 7) is 0.793. The van der Waals surface area contributed by atoms with Gasteiger partial charge in [0.25, 0.3) is 10.0 Å². The van der Waals surface area contributed by atoms with Crippen LogP contribution in [0.2, 0.25) is 0 Å². The van der Waals surface area contributed by atoms with E-state index in [-0.39, 0.29) is 10.8 Å². The minimum absolute atomic E-state index is 0.0624. The molecular formula is C18H18N2O5S. The van der Waals surface area contributed by atoms with Gasteiger partial charge in [-0.25, -0.2) is 8.42 Å². The van der Waals surface area contributed by atoms with Crippen LogP contribution in [-0.4, -0.2) is 40.6 Å². The summed E-state index contributed by atoms with van der Waals surface area (Å²) in [5, 5.41) is 2.56. The maximum Gasteiger partial charge on any atom is 0.265 e. The zero-order valence-corrected chi connectivity index (χ0v) is 15.0. The number of fused-ring (bicyclic) bond motifs is 2. The first-order valence-corrected chi connectivity index (χ1v) is 9.70. The second kappa shape index (κ2) is 6.21. The number of sulfonamides is 1. The van der Waals surface area contributed by atoms with Crippen LogP contribution >= 0.6 is 0 Å². The highest BCUT2D eigenvalue weighted by atomic mass is 32.2. The molecule has 8 heteroatoms. The summed E-state index contributed by atoms with van der Waals surface area (Å²) in [6, 6.07) is 10.8. The van der Waals surface area contributed by atoms with E-state index in [1.165, 1.54) is 23.5 Å². The van der Waals surface area contributed by atoms with Gasteiger partial charge in [-0.3, -0.25) is 9.10 Å². The summed E-state index contributed by atoms with van der Waals surface area (Å²) in [5.74, 6) is 0.559. The first kappa shape index (κ1) is 16.7. The number of para-hydroxylation sites is 1. The molecule has 1 N–H and O–H groups in total. The fraction of sp³-hybridized carbons (Fsp3) is 0.278. The number of rotatable bonds is 3. The smallest absolute Gasteiger partial charge is 0.265 e. The summed E-state index contributed by atoms with van der Waals surface area (Å²) in [5.41, 5.74) is 1.35. The van der Waals surface area contributed by atoms with Gasteiger partial charge in [0.2, 0.25) is 5.91 Å². The highest BCUT2D eigenvalue weighted by molar-refractivity contribution is 7.93. The number of hydrogen-bond acceptors (Lipinski definition) is 5. The zero-order chi connectivity index (χ0) is 18.3. The Hall–Kier alpha value is -2.74. The maximum absolute atomic E-state index is 13.4. The molecule has 4 rings (SSSR count). The average Bonchev–Trinajstić information content (AvgIpc) is 3.07. The number of benzene rings is 2. The molecule has 0 radical (unpaired) electrons. The van der Waals surface area contributed by atoms with Gasteiger partial charge in [0.15, 0.2) is 11.5 Å². The molecule has 0 unspecified atom stereocenters. The fourth-order valence-corrected chi connectivity index (χ4v) is 4.98. The Morgan fingerprint density at radius 1 is 1.12 bits per heavy atom. The van der Waals surface area contributed by atoms with Gasteiger partial charge in [0, 0.05) is 19.5 Å². The van der Waals surface area contributed by atoms with Crippen LogP contribution in [0.15, 0.2) is 47.4 Å². The fourth-order valence-electron chi connectivity index (χ4n) is 3.32. The Morgan fingerprint density at radius 2 is 1.85 bits per heavy atom. The molecule has 7 nitrogen and oxygen atoms in total. The topological polar surface area (TPSA) is 84.9 Å². The van der Waals surface area contributed by atoms with Crippen LogP contribution in [0.1, 0.15) is 5.56 Å². The lowest BCUT2D eigenvalue weighted by Gasteiger charge is -2.26. The van der Waals surface area contributed by atoms with E-state index in [1.54, 1.807) is 18.2 Å². The van der Waals surface area contributed by atoms with Gasteiger partial charge in [-0.15, -0.1) is 0 Å². The van der Waals surface area contributed by atoms with E-state index < -0.39 is 16.1 Å². The summed E-state index contributed by atoms with van der Waals surface area (Å²) in [7, 11) is -2.45. The van der Waals surface area contributed by atoms with Gasteiger partial charge in [-0.1, -0.05) is 18.2 Å². The lowest BCUT2D eigenvalue weighted by molar-refractivity contribution is -0.121. The van der Waals surface area contributed by atoms with E-state index in [1.807, 2.05) is 12.1 Å². The molecule has 1 atom stereocenters. The number of nitrogens with one attached hydrogen (secondary N) is 1. The standard InChI is InChI=1S/C18H18N2O5S/c1-19-18(21)15-10-12-4-2-3-5-14(12)20(15)26(22,23)13-6-7-16-17(11-13)25-9-8-24-16/h2-7,11,15H,8-10H2,1H3,(H,19,21)/t15-/m0/s1. The molecule has 0 aromatic heterocycles. The van der Waals surface area contributed by atoms with E-state index >= 15 is 0 Å². The van der Waals surface area contributed by atoms with Crippen molar-refractivity contribution in [2.45, 2.75) is 17.4 Å². The summed E-state index contributed by atoms with van der Waals surface area (Å²) < 4.78 is 38.9. The third-order valence-electron chi connectivity index (χ3n) is 4.54. The second-order valence-electron chi connectivity index (χ2n) is 6.07. The van der Waals surface area contributed by atoms with Crippen molar-refractivity contribution in [1.82, 2.24) is 5.32 Å². The van der Waals surface area contributed by atoms with Crippen LogP contribution in [0.25, 0.3) is 0 Å². The Labute approximate surface area is 151 Å². The first-order chi connectivity index (χ1) is 12.5. The number of carbonyl (C=O) groups excluding carboxylic acids is 1. The molecule has 2 aliphatic heterocycles. The molecule has 0 saturated carbocycles. The van der Waals surface area contributed by atoms with Gasteiger partial charge >= 0.3 is 0 Å². The van der Waals surface area contributed by atoms with Crippen LogP contribution in [0.5, 0.6) is 11.5 Å². The number of ether oxygens (including phenoxy) is 2. The van der Waals surface area contributed by atoms with Crippen molar-refractivity contribution in [2.24, 2.45) is 0 Å². The Morgan fingerprint density at radius 3 is 2.62 bits per heavy atom. The van der Waals surface area contributed by atoms with Gasteiger partial charge in [0.05, 0.1) is 10.6 Å². The number of likely N-dealkylation sites (N-methyl/N-ethyl adjacent to an activating group) is 1. The molecule has 2 aromatic rings. The van der Waals surface area contributed by atoms with Crippen LogP contribution in [0.3, 0.4) is 0 Å². The normalized spacial score (nSPS) is 18.3. The molecular weight excluding hydrogens is 356 g/mol. The Balaban J connectivity index is 1.81. The first-order valence-electron chi connectivity index (χ1n) is 8.26. The van der Waals surface area contributed by atoms with Crippen molar-refractivity contribution in [1.29, 1.82) is 0 Å². The van der Waals surface area contributed by atoms with Crippen LogP contribution in [-0.2, 0) is 21.2 Å². The number of amides is 1. The highest BCUT2D eigenvalue weighted by Crippen LogP contribution is 2.39. The Bertz CT molecular complexity index is 973. The summed E-state index contributed by atoms with van der Waals surface area (Å²) in [4.78, 5) is 12.4. The predicted octanol–water partition coefficient (Wildman–Crippen LogP) is 1.32. The second-order valence-corrected chi connectivity index (χ2v) is 7.88. The lowest BCUT2D eigenvalue weighted by atomic mass is 10.1. The molecule has 0 spiro atoms. The predicted molar refractivity (Wildman–Crippen MR) is 95.1 cm³/mol. The molecule has 0 fully saturated rings. The van der Waals surface area contributed by atoms with E-state index in [4.69, 9.17) is 9.47 Å². The van der Waals surface area contributed by atoms with Crippen molar-refractivity contribution < 1.29 is 22.7 Å². The van der Waals surface area contributed by atoms with Gasteiger partial charge in [-0.05, 0) is 23.8 Å². The number of anilines is 1. The molecule has 2 aromatic carbocycles. The van der Waals surface area contributed by atoms with Crippen molar-refractivity contribution in [3.8, 4) is 11.5 Å². The van der Waals surface area contributed by atoms with Crippen molar-refractivity contribution in [2.75, 3.05) is 24.6 Å². The zero-order valence-electron chi connectivity index (χ0n) is 14.1. The largest absolute Gasteiger partial charge is 0.486 e. The number of hydrogen-bond donors (Lipinski definition) is 1. The number of nitrogens with zero attached hydrogens (tertiary/aromatic N) is 1. The third-order valence-corrected chi connectivity index (χ3v) is 6.36. The van der Waals surface area contributed by atoms with Crippen molar-refractivity contribution in [3.63, 3.8) is 0 Å². The Kier molecular flexibility index (Phi) is 3.99. The quantitative estimate of drug-likeness (QED) is 0.876. The monoisotopic (exact) mass is 374 g/mol. The molecule has 0 bridgehead atoms. The lowest BCUT2D eigenvalue weighted by Crippen LogP contribution is -2.47. The molecule has 2 heterocycles. The van der Waals surface area contributed by atoms with E-state index in [2.05, 4.69) is 5.32 Å². The van der Waals surface area contributed by atoms with Crippen LogP contribution in [0, 0.1) is 0 Å². The summed E-state index contributed by atoms with van der Waals surface area (Å²) in [6.07, 6.45) is 0.333.